The molecule has 1 aromatic carbocycles. The Labute approximate surface area is 116 Å². The first-order valence-electron chi connectivity index (χ1n) is 5.74. The first-order valence-corrected chi connectivity index (χ1v) is 6.97. The zero-order valence-corrected chi connectivity index (χ0v) is 11.8. The quantitative estimate of drug-likeness (QED) is 0.486. The summed E-state index contributed by atoms with van der Waals surface area (Å²) < 4.78 is 5.71. The summed E-state index contributed by atoms with van der Waals surface area (Å²) in [6, 6.07) is 5.87. The molecule has 5 heteroatoms. The van der Waals surface area contributed by atoms with E-state index in [-0.39, 0.29) is 0 Å². The molecule has 0 unspecified atom stereocenters. The second-order valence-corrected chi connectivity index (χ2v) is 4.93. The number of ether oxygens (including phenoxy) is 1. The van der Waals surface area contributed by atoms with Gasteiger partial charge in [-0.3, -0.25) is 4.79 Å². The lowest BCUT2D eigenvalue weighted by atomic mass is 10.1. The minimum Gasteiger partial charge on any atom is -0.438 e. The van der Waals surface area contributed by atoms with Gasteiger partial charge in [0.1, 0.15) is 5.75 Å². The van der Waals surface area contributed by atoms with Crippen LogP contribution in [0.3, 0.4) is 0 Å². The van der Waals surface area contributed by atoms with E-state index in [1.54, 1.807) is 0 Å². The Morgan fingerprint density at radius 3 is 2.47 bits per heavy atom. The fourth-order valence-electron chi connectivity index (χ4n) is 1.72. The monoisotopic (exact) mass is 274 g/mol. The van der Waals surface area contributed by atoms with Crippen molar-refractivity contribution in [1.29, 1.82) is 0 Å². The van der Waals surface area contributed by atoms with Crippen molar-refractivity contribution in [2.75, 3.05) is 6.26 Å². The van der Waals surface area contributed by atoms with Gasteiger partial charge in [-0.05, 0) is 43.4 Å². The number of rotatable bonds is 4. The van der Waals surface area contributed by atoms with E-state index in [2.05, 4.69) is 16.0 Å². The Hall–Kier alpha value is -1.88. The first-order chi connectivity index (χ1) is 9.12. The summed E-state index contributed by atoms with van der Waals surface area (Å²) in [5.74, 6) is 0.964. The molecule has 0 radical (unpaired) electrons. The number of nitrogens with zero attached hydrogens (tertiary/aromatic N) is 2. The molecule has 0 aliphatic rings. The molecule has 0 saturated heterocycles. The van der Waals surface area contributed by atoms with Gasteiger partial charge in [0.05, 0.1) is 5.56 Å². The standard InChI is InChI=1S/C14H14N2O2S/c1-9-4-10(2)6-12(5-9)18-13-11(8-17)7-15-14(16-13)19-3/h4-8H,1-3H3. The maximum absolute atomic E-state index is 11.0. The van der Waals surface area contributed by atoms with Crippen LogP contribution in [0.5, 0.6) is 11.6 Å². The lowest BCUT2D eigenvalue weighted by Gasteiger charge is -2.09. The second kappa shape index (κ2) is 5.84. The summed E-state index contributed by atoms with van der Waals surface area (Å²) in [5.41, 5.74) is 2.54. The van der Waals surface area contributed by atoms with Crippen LogP contribution >= 0.6 is 11.8 Å². The molecule has 0 saturated carbocycles. The molecule has 98 valence electrons. The largest absolute Gasteiger partial charge is 0.438 e. The SMILES string of the molecule is CSc1ncc(C=O)c(Oc2cc(C)cc(C)c2)n1. The summed E-state index contributed by atoms with van der Waals surface area (Å²) in [5, 5.41) is 0.574. The average Bonchev–Trinajstić information content (AvgIpc) is 2.37. The maximum Gasteiger partial charge on any atom is 0.233 e. The number of thioether (sulfide) groups is 1. The molecule has 1 aromatic heterocycles. The first kappa shape index (κ1) is 13.5. The molecule has 2 rings (SSSR count). The highest BCUT2D eigenvalue weighted by molar-refractivity contribution is 7.98. The lowest BCUT2D eigenvalue weighted by Crippen LogP contribution is -1.98. The van der Waals surface area contributed by atoms with Crippen LogP contribution in [0.2, 0.25) is 0 Å². The van der Waals surface area contributed by atoms with Crippen LogP contribution in [0.25, 0.3) is 0 Å². The van der Waals surface area contributed by atoms with E-state index in [9.17, 15) is 4.79 Å². The van der Waals surface area contributed by atoms with Crippen molar-refractivity contribution in [3.05, 3.63) is 41.1 Å². The van der Waals surface area contributed by atoms with E-state index in [1.807, 2.05) is 32.2 Å². The van der Waals surface area contributed by atoms with Crippen molar-refractivity contribution >= 4 is 18.0 Å². The number of carbonyl (C=O) groups excluding carboxylic acids is 1. The van der Waals surface area contributed by atoms with Crippen LogP contribution in [0.4, 0.5) is 0 Å². The van der Waals surface area contributed by atoms with E-state index in [0.717, 1.165) is 11.1 Å². The normalized spacial score (nSPS) is 10.3. The number of carbonyl (C=O) groups is 1. The third-order valence-corrected chi connectivity index (χ3v) is 3.04. The van der Waals surface area contributed by atoms with Crippen LogP contribution < -0.4 is 4.74 Å². The summed E-state index contributed by atoms with van der Waals surface area (Å²) >= 11 is 1.40. The molecule has 19 heavy (non-hydrogen) atoms. The van der Waals surface area contributed by atoms with Gasteiger partial charge in [0.2, 0.25) is 5.88 Å². The molecule has 2 aromatic rings. The van der Waals surface area contributed by atoms with Gasteiger partial charge in [0.15, 0.2) is 11.4 Å². The maximum atomic E-state index is 11.0. The van der Waals surface area contributed by atoms with Gasteiger partial charge < -0.3 is 4.74 Å². The zero-order valence-electron chi connectivity index (χ0n) is 11.0. The van der Waals surface area contributed by atoms with Gasteiger partial charge in [0.25, 0.3) is 0 Å². The van der Waals surface area contributed by atoms with E-state index in [0.29, 0.717) is 28.6 Å². The van der Waals surface area contributed by atoms with Crippen LogP contribution in [-0.4, -0.2) is 22.5 Å². The molecule has 0 fully saturated rings. The van der Waals surface area contributed by atoms with Gasteiger partial charge in [-0.1, -0.05) is 17.8 Å². The highest BCUT2D eigenvalue weighted by Gasteiger charge is 2.09. The lowest BCUT2D eigenvalue weighted by molar-refractivity contribution is 0.112. The van der Waals surface area contributed by atoms with Crippen molar-refractivity contribution in [2.45, 2.75) is 19.0 Å². The predicted octanol–water partition coefficient (Wildman–Crippen LogP) is 3.42. The number of hydrogen-bond acceptors (Lipinski definition) is 5. The van der Waals surface area contributed by atoms with E-state index >= 15 is 0 Å². The van der Waals surface area contributed by atoms with Gasteiger partial charge in [0, 0.05) is 6.20 Å². The molecule has 1 heterocycles. The summed E-state index contributed by atoms with van der Waals surface area (Å²) in [6.07, 6.45) is 4.04. The Morgan fingerprint density at radius 2 is 1.89 bits per heavy atom. The third kappa shape index (κ3) is 3.32. The van der Waals surface area contributed by atoms with Crippen molar-refractivity contribution < 1.29 is 9.53 Å². The van der Waals surface area contributed by atoms with Crippen LogP contribution in [0.1, 0.15) is 21.5 Å². The molecule has 0 atom stereocenters. The molecule has 0 spiro atoms. The molecule has 0 aliphatic heterocycles. The smallest absolute Gasteiger partial charge is 0.233 e. The van der Waals surface area contributed by atoms with Crippen molar-refractivity contribution in [3.8, 4) is 11.6 Å². The second-order valence-electron chi connectivity index (χ2n) is 4.16. The number of aromatic nitrogens is 2. The van der Waals surface area contributed by atoms with Gasteiger partial charge in [-0.25, -0.2) is 4.98 Å². The molecular formula is C14H14N2O2S. The van der Waals surface area contributed by atoms with Crippen molar-refractivity contribution in [2.24, 2.45) is 0 Å². The number of aldehydes is 1. The number of hydrogen-bond donors (Lipinski definition) is 0. The predicted molar refractivity (Wildman–Crippen MR) is 75.2 cm³/mol. The summed E-state index contributed by atoms with van der Waals surface area (Å²) in [6.45, 7) is 3.99. The summed E-state index contributed by atoms with van der Waals surface area (Å²) in [7, 11) is 0. The van der Waals surface area contributed by atoms with Crippen molar-refractivity contribution in [3.63, 3.8) is 0 Å². The fraction of sp³-hybridized carbons (Fsp3) is 0.214. The molecule has 0 bridgehead atoms. The van der Waals surface area contributed by atoms with Crippen LogP contribution in [0.15, 0.2) is 29.6 Å². The topological polar surface area (TPSA) is 52.1 Å². The molecule has 0 amide bonds. The highest BCUT2D eigenvalue weighted by Crippen LogP contribution is 2.25. The molecular weight excluding hydrogens is 260 g/mol. The Kier molecular flexibility index (Phi) is 4.16. The Balaban J connectivity index is 2.38. The molecule has 0 aliphatic carbocycles. The average molecular weight is 274 g/mol. The summed E-state index contributed by atoms with van der Waals surface area (Å²) in [4.78, 5) is 19.2. The molecule has 0 N–H and O–H groups in total. The van der Waals surface area contributed by atoms with Gasteiger partial charge in [-0.2, -0.15) is 4.98 Å². The minimum atomic E-state index is 0.291. The van der Waals surface area contributed by atoms with E-state index in [4.69, 9.17) is 4.74 Å². The number of benzene rings is 1. The van der Waals surface area contributed by atoms with Crippen LogP contribution in [0, 0.1) is 13.8 Å². The van der Waals surface area contributed by atoms with Crippen molar-refractivity contribution in [1.82, 2.24) is 9.97 Å². The third-order valence-electron chi connectivity index (χ3n) is 2.48. The van der Waals surface area contributed by atoms with E-state index < -0.39 is 0 Å². The molecule has 4 nitrogen and oxygen atoms in total. The van der Waals surface area contributed by atoms with E-state index in [1.165, 1.54) is 18.0 Å². The highest BCUT2D eigenvalue weighted by atomic mass is 32.2. The zero-order chi connectivity index (χ0) is 13.8. The Morgan fingerprint density at radius 1 is 1.21 bits per heavy atom. The van der Waals surface area contributed by atoms with Gasteiger partial charge in [-0.15, -0.1) is 0 Å². The van der Waals surface area contributed by atoms with Crippen LogP contribution in [-0.2, 0) is 0 Å². The fourth-order valence-corrected chi connectivity index (χ4v) is 2.06. The number of aryl methyl sites for hydroxylation is 2. The minimum absolute atomic E-state index is 0.291. The Bertz CT molecular complexity index is 594. The van der Waals surface area contributed by atoms with Gasteiger partial charge >= 0.3 is 0 Å².